The normalized spacial score (nSPS) is 10.9. The molecule has 0 amide bonds. The zero-order valence-electron chi connectivity index (χ0n) is 22.7. The van der Waals surface area contributed by atoms with Crippen LogP contribution in [0.3, 0.4) is 0 Å². The van der Waals surface area contributed by atoms with Gasteiger partial charge in [0.2, 0.25) is 0 Å². The number of benzene rings is 4. The van der Waals surface area contributed by atoms with Crippen molar-refractivity contribution in [3.8, 4) is 67.9 Å². The van der Waals surface area contributed by atoms with E-state index in [1.165, 1.54) is 0 Å². The number of aromatic nitrogens is 5. The van der Waals surface area contributed by atoms with Gasteiger partial charge in [-0.2, -0.15) is 0 Å². The molecule has 0 unspecified atom stereocenters. The molecule has 0 radical (unpaired) electrons. The second-order valence-corrected chi connectivity index (χ2v) is 9.83. The zero-order chi connectivity index (χ0) is 28.1. The van der Waals surface area contributed by atoms with E-state index in [9.17, 15) is 0 Å². The highest BCUT2D eigenvalue weighted by atomic mass is 15.0. The van der Waals surface area contributed by atoms with E-state index in [4.69, 9.17) is 19.9 Å². The molecule has 4 aromatic carbocycles. The standard InChI is InChI=1S/C37H25N5/c1-4-13-26(14-5-1)33-20-12-21-34(39-33)30-23-29(32-19-10-11-22-38-32)24-31(25-30)37-41-35(27-15-6-2-7-16-27)40-36(42-37)28-17-8-3-9-18-28/h1-25H. The van der Waals surface area contributed by atoms with Gasteiger partial charge in [0.25, 0.3) is 0 Å². The van der Waals surface area contributed by atoms with Crippen LogP contribution in [0.2, 0.25) is 0 Å². The van der Waals surface area contributed by atoms with Gasteiger partial charge in [-0.15, -0.1) is 0 Å². The van der Waals surface area contributed by atoms with Crippen LogP contribution in [0, 0.1) is 0 Å². The van der Waals surface area contributed by atoms with Gasteiger partial charge in [-0.05, 0) is 42.5 Å². The average molecular weight is 540 g/mol. The van der Waals surface area contributed by atoms with Crippen molar-refractivity contribution in [2.45, 2.75) is 0 Å². The lowest BCUT2D eigenvalue weighted by atomic mass is 9.99. The summed E-state index contributed by atoms with van der Waals surface area (Å²) in [5.74, 6) is 1.82. The van der Waals surface area contributed by atoms with Crippen molar-refractivity contribution >= 4 is 0 Å². The topological polar surface area (TPSA) is 64.5 Å². The van der Waals surface area contributed by atoms with Gasteiger partial charge in [-0.3, -0.25) is 4.98 Å². The van der Waals surface area contributed by atoms with E-state index >= 15 is 0 Å². The maximum absolute atomic E-state index is 5.04. The van der Waals surface area contributed by atoms with Gasteiger partial charge in [0.05, 0.1) is 17.1 Å². The molecule has 3 aromatic heterocycles. The highest BCUT2D eigenvalue weighted by Crippen LogP contribution is 2.33. The van der Waals surface area contributed by atoms with E-state index in [0.29, 0.717) is 17.5 Å². The fourth-order valence-electron chi connectivity index (χ4n) is 4.89. The molecule has 0 saturated heterocycles. The monoisotopic (exact) mass is 539 g/mol. The fourth-order valence-corrected chi connectivity index (χ4v) is 4.89. The minimum atomic E-state index is 0.584. The fraction of sp³-hybridized carbons (Fsp3) is 0. The Kier molecular flexibility index (Phi) is 6.81. The Hall–Kier alpha value is -5.81. The van der Waals surface area contributed by atoms with Crippen molar-refractivity contribution in [3.05, 3.63) is 152 Å². The summed E-state index contributed by atoms with van der Waals surface area (Å²) in [4.78, 5) is 24.5. The Morgan fingerprint density at radius 3 is 1.26 bits per heavy atom. The molecule has 5 heteroatoms. The van der Waals surface area contributed by atoms with Gasteiger partial charge in [0.1, 0.15) is 0 Å². The van der Waals surface area contributed by atoms with Crippen molar-refractivity contribution in [3.63, 3.8) is 0 Å². The van der Waals surface area contributed by atoms with Crippen LogP contribution in [-0.2, 0) is 0 Å². The zero-order valence-corrected chi connectivity index (χ0v) is 22.7. The Bertz CT molecular complexity index is 1900. The van der Waals surface area contributed by atoms with Crippen molar-refractivity contribution in [1.29, 1.82) is 0 Å². The second kappa shape index (κ2) is 11.4. The third kappa shape index (κ3) is 5.31. The van der Waals surface area contributed by atoms with Crippen molar-refractivity contribution < 1.29 is 0 Å². The second-order valence-electron chi connectivity index (χ2n) is 9.83. The van der Waals surface area contributed by atoms with E-state index in [2.05, 4.69) is 35.3 Å². The van der Waals surface area contributed by atoms with Crippen molar-refractivity contribution in [1.82, 2.24) is 24.9 Å². The van der Waals surface area contributed by atoms with Crippen LogP contribution in [0.5, 0.6) is 0 Å². The molecule has 0 atom stereocenters. The van der Waals surface area contributed by atoms with Crippen LogP contribution in [0.4, 0.5) is 0 Å². The first-order valence-electron chi connectivity index (χ1n) is 13.8. The molecular weight excluding hydrogens is 514 g/mol. The summed E-state index contributed by atoms with van der Waals surface area (Å²) in [6.45, 7) is 0. The molecule has 7 aromatic rings. The van der Waals surface area contributed by atoms with Crippen LogP contribution in [0.25, 0.3) is 67.9 Å². The predicted octanol–water partition coefficient (Wildman–Crippen LogP) is 8.66. The molecule has 5 nitrogen and oxygen atoms in total. The van der Waals surface area contributed by atoms with Gasteiger partial charge in [0, 0.05) is 39.6 Å². The molecule has 198 valence electrons. The molecule has 0 fully saturated rings. The molecular formula is C37H25N5. The first kappa shape index (κ1) is 25.2. The largest absolute Gasteiger partial charge is 0.256 e. The smallest absolute Gasteiger partial charge is 0.164 e. The van der Waals surface area contributed by atoms with Gasteiger partial charge in [-0.1, -0.05) is 103 Å². The van der Waals surface area contributed by atoms with E-state index in [1.807, 2.05) is 115 Å². The third-order valence-electron chi connectivity index (χ3n) is 6.97. The van der Waals surface area contributed by atoms with Gasteiger partial charge in [-0.25, -0.2) is 19.9 Å². The summed E-state index contributed by atoms with van der Waals surface area (Å²) in [6.07, 6.45) is 1.81. The lowest BCUT2D eigenvalue weighted by molar-refractivity contribution is 1.07. The summed E-state index contributed by atoms with van der Waals surface area (Å²) in [5, 5.41) is 0. The molecule has 42 heavy (non-hydrogen) atoms. The maximum Gasteiger partial charge on any atom is 0.164 e. The van der Waals surface area contributed by atoms with E-state index in [1.54, 1.807) is 6.20 Å². The van der Waals surface area contributed by atoms with Crippen LogP contribution >= 0.6 is 0 Å². The Morgan fingerprint density at radius 2 is 0.714 bits per heavy atom. The SMILES string of the molecule is c1ccc(-c2cccc(-c3cc(-c4ccccn4)cc(-c4nc(-c5ccccc5)nc(-c5ccccc5)n4)c3)n2)cc1. The van der Waals surface area contributed by atoms with E-state index in [0.717, 1.165) is 50.5 Å². The Morgan fingerprint density at radius 1 is 0.286 bits per heavy atom. The minimum absolute atomic E-state index is 0.584. The molecule has 0 aliphatic heterocycles. The van der Waals surface area contributed by atoms with Crippen LogP contribution in [0.1, 0.15) is 0 Å². The molecule has 7 rings (SSSR count). The highest BCUT2D eigenvalue weighted by molar-refractivity contribution is 5.79. The van der Waals surface area contributed by atoms with Gasteiger partial charge in [0.15, 0.2) is 17.5 Å². The molecule has 0 N–H and O–H groups in total. The van der Waals surface area contributed by atoms with E-state index in [-0.39, 0.29) is 0 Å². The summed E-state index contributed by atoms with van der Waals surface area (Å²) in [6, 6.07) is 48.6. The van der Waals surface area contributed by atoms with Crippen LogP contribution in [0.15, 0.2) is 152 Å². The lowest BCUT2D eigenvalue weighted by Gasteiger charge is -2.12. The molecule has 3 heterocycles. The number of hydrogen-bond acceptors (Lipinski definition) is 5. The minimum Gasteiger partial charge on any atom is -0.256 e. The lowest BCUT2D eigenvalue weighted by Crippen LogP contribution is -2.00. The summed E-state index contributed by atoms with van der Waals surface area (Å²) in [5.41, 5.74) is 8.32. The van der Waals surface area contributed by atoms with Gasteiger partial charge < -0.3 is 0 Å². The van der Waals surface area contributed by atoms with Crippen molar-refractivity contribution in [2.75, 3.05) is 0 Å². The Balaban J connectivity index is 1.43. The summed E-state index contributed by atoms with van der Waals surface area (Å²) < 4.78 is 0. The summed E-state index contributed by atoms with van der Waals surface area (Å²) >= 11 is 0. The first-order valence-corrected chi connectivity index (χ1v) is 13.8. The maximum atomic E-state index is 5.04. The highest BCUT2D eigenvalue weighted by Gasteiger charge is 2.15. The molecule has 0 aliphatic rings. The van der Waals surface area contributed by atoms with Crippen molar-refractivity contribution in [2.24, 2.45) is 0 Å². The number of pyridine rings is 2. The molecule has 0 aliphatic carbocycles. The number of hydrogen-bond donors (Lipinski definition) is 0. The van der Waals surface area contributed by atoms with E-state index < -0.39 is 0 Å². The first-order chi connectivity index (χ1) is 20.8. The third-order valence-corrected chi connectivity index (χ3v) is 6.97. The molecule has 0 spiro atoms. The predicted molar refractivity (Wildman–Crippen MR) is 168 cm³/mol. The summed E-state index contributed by atoms with van der Waals surface area (Å²) in [7, 11) is 0. The average Bonchev–Trinajstić information content (AvgIpc) is 3.09. The molecule has 0 bridgehead atoms. The quantitative estimate of drug-likeness (QED) is 0.212. The van der Waals surface area contributed by atoms with Gasteiger partial charge >= 0.3 is 0 Å². The molecule has 0 saturated carbocycles. The number of nitrogens with zero attached hydrogens (tertiary/aromatic N) is 5. The van der Waals surface area contributed by atoms with Crippen LogP contribution in [-0.4, -0.2) is 24.9 Å². The number of rotatable bonds is 6. The Labute approximate surface area is 244 Å². The van der Waals surface area contributed by atoms with Crippen LogP contribution < -0.4 is 0 Å².